The number of nitro groups is 1. The lowest BCUT2D eigenvalue weighted by molar-refractivity contribution is -0.384. The number of hydrogen-bond acceptors (Lipinski definition) is 7. The molecule has 138 valence electrons. The highest BCUT2D eigenvalue weighted by atomic mass is 35.5. The van der Waals surface area contributed by atoms with E-state index in [9.17, 15) is 14.9 Å². The molecule has 0 unspecified atom stereocenters. The van der Waals surface area contributed by atoms with Crippen LogP contribution in [0.25, 0.3) is 0 Å². The lowest BCUT2D eigenvalue weighted by Crippen LogP contribution is -2.19. The smallest absolute Gasteiger partial charge is 0.271 e. The van der Waals surface area contributed by atoms with Gasteiger partial charge in [-0.25, -0.2) is 4.68 Å². The number of nitrogens with zero attached hydrogens (tertiary/aromatic N) is 5. The summed E-state index contributed by atoms with van der Waals surface area (Å²) in [4.78, 5) is 23.2. The van der Waals surface area contributed by atoms with Crippen LogP contribution in [0.1, 0.15) is 10.8 Å². The van der Waals surface area contributed by atoms with Gasteiger partial charge in [0.05, 0.1) is 15.6 Å². The number of tetrazole rings is 1. The van der Waals surface area contributed by atoms with Crippen LogP contribution < -0.4 is 5.32 Å². The molecule has 0 bridgehead atoms. The highest BCUT2D eigenvalue weighted by Gasteiger charge is 2.25. The van der Waals surface area contributed by atoms with Crippen LogP contribution in [-0.2, 0) is 11.8 Å². The SMILES string of the molecule is Cn1nnnc1S[C@H](C(=O)Nc1ccc([N+](=O)[O-])cc1Cl)c1ccccc1. The van der Waals surface area contributed by atoms with Gasteiger partial charge in [0.25, 0.3) is 5.69 Å². The molecule has 1 heterocycles. The van der Waals surface area contributed by atoms with Gasteiger partial charge in [0.1, 0.15) is 5.25 Å². The lowest BCUT2D eigenvalue weighted by Gasteiger charge is -2.16. The Morgan fingerprint density at radius 2 is 2.04 bits per heavy atom. The van der Waals surface area contributed by atoms with Crippen LogP contribution in [0.4, 0.5) is 11.4 Å². The van der Waals surface area contributed by atoms with Crippen LogP contribution in [0.15, 0.2) is 53.7 Å². The van der Waals surface area contributed by atoms with Gasteiger partial charge in [0.2, 0.25) is 11.1 Å². The van der Waals surface area contributed by atoms with Crippen molar-refractivity contribution in [1.29, 1.82) is 0 Å². The number of amides is 1. The van der Waals surface area contributed by atoms with Crippen molar-refractivity contribution < 1.29 is 9.72 Å². The van der Waals surface area contributed by atoms with Gasteiger partial charge in [-0.05, 0) is 22.1 Å². The number of aromatic nitrogens is 4. The molecule has 1 amide bonds. The van der Waals surface area contributed by atoms with E-state index in [1.54, 1.807) is 7.05 Å². The molecule has 0 spiro atoms. The highest BCUT2D eigenvalue weighted by Crippen LogP contribution is 2.35. The Hall–Kier alpha value is -2.98. The molecule has 0 fully saturated rings. The maximum Gasteiger partial charge on any atom is 0.271 e. The number of rotatable bonds is 6. The minimum atomic E-state index is -0.651. The molecule has 1 aromatic heterocycles. The molecule has 1 atom stereocenters. The molecule has 1 N–H and O–H groups in total. The number of non-ortho nitro benzene ring substituents is 1. The Labute approximate surface area is 162 Å². The predicted molar refractivity (Wildman–Crippen MR) is 101 cm³/mol. The zero-order chi connectivity index (χ0) is 19.4. The van der Waals surface area contributed by atoms with Gasteiger partial charge in [-0.2, -0.15) is 0 Å². The standard InChI is InChI=1S/C16H13ClN6O3S/c1-22-16(19-20-21-22)27-14(10-5-3-2-4-6-10)15(24)18-13-8-7-11(23(25)26)9-12(13)17/h2-9,14H,1H3,(H,18,24)/t14-/m0/s1. The molecule has 11 heteroatoms. The van der Waals surface area contributed by atoms with Gasteiger partial charge in [-0.1, -0.05) is 53.7 Å². The van der Waals surface area contributed by atoms with Crippen molar-refractivity contribution in [3.8, 4) is 0 Å². The first-order valence-corrected chi connectivity index (χ1v) is 8.90. The Bertz CT molecular complexity index is 981. The van der Waals surface area contributed by atoms with E-state index in [0.717, 1.165) is 5.56 Å². The van der Waals surface area contributed by atoms with Crippen molar-refractivity contribution in [1.82, 2.24) is 20.2 Å². The van der Waals surface area contributed by atoms with E-state index in [0.29, 0.717) is 5.16 Å². The molecule has 0 aliphatic carbocycles. The zero-order valence-electron chi connectivity index (χ0n) is 13.9. The van der Waals surface area contributed by atoms with E-state index < -0.39 is 10.2 Å². The number of carbonyl (C=O) groups excluding carboxylic acids is 1. The fourth-order valence-corrected chi connectivity index (χ4v) is 3.41. The summed E-state index contributed by atoms with van der Waals surface area (Å²) >= 11 is 7.25. The van der Waals surface area contributed by atoms with Crippen LogP contribution in [0, 0.1) is 10.1 Å². The number of aryl methyl sites for hydroxylation is 1. The van der Waals surface area contributed by atoms with E-state index in [2.05, 4.69) is 20.8 Å². The van der Waals surface area contributed by atoms with Crippen LogP contribution in [-0.4, -0.2) is 31.0 Å². The molecule has 0 saturated heterocycles. The van der Waals surface area contributed by atoms with Crippen LogP contribution in [0.3, 0.4) is 0 Å². The molecule has 0 saturated carbocycles. The maximum atomic E-state index is 12.9. The summed E-state index contributed by atoms with van der Waals surface area (Å²) in [6.45, 7) is 0. The van der Waals surface area contributed by atoms with Crippen LogP contribution >= 0.6 is 23.4 Å². The number of nitrogens with one attached hydrogen (secondary N) is 1. The number of halogens is 1. The molecule has 3 aromatic rings. The number of anilines is 1. The summed E-state index contributed by atoms with van der Waals surface area (Å²) < 4.78 is 1.47. The number of carbonyl (C=O) groups is 1. The maximum absolute atomic E-state index is 12.9. The first kappa shape index (κ1) is 18.8. The second-order valence-electron chi connectivity index (χ2n) is 5.40. The second kappa shape index (κ2) is 8.14. The Morgan fingerprint density at radius 1 is 1.30 bits per heavy atom. The first-order chi connectivity index (χ1) is 13.0. The fourth-order valence-electron chi connectivity index (χ4n) is 2.24. The molecule has 0 aliphatic heterocycles. The van der Waals surface area contributed by atoms with Crippen molar-refractivity contribution in [2.24, 2.45) is 7.05 Å². The van der Waals surface area contributed by atoms with Gasteiger partial charge in [0, 0.05) is 19.2 Å². The van der Waals surface area contributed by atoms with E-state index in [1.807, 2.05) is 30.3 Å². The monoisotopic (exact) mass is 404 g/mol. The second-order valence-corrected chi connectivity index (χ2v) is 6.88. The van der Waals surface area contributed by atoms with Gasteiger partial charge in [0.15, 0.2) is 0 Å². The molecule has 9 nitrogen and oxygen atoms in total. The summed E-state index contributed by atoms with van der Waals surface area (Å²) in [7, 11) is 1.68. The Balaban J connectivity index is 1.87. The van der Waals surface area contributed by atoms with Gasteiger partial charge in [-0.3, -0.25) is 14.9 Å². The number of benzene rings is 2. The van der Waals surface area contributed by atoms with Gasteiger partial charge < -0.3 is 5.32 Å². The minimum absolute atomic E-state index is 0.0784. The number of nitro benzene ring substituents is 1. The third-order valence-electron chi connectivity index (χ3n) is 3.57. The van der Waals surface area contributed by atoms with E-state index in [1.165, 1.54) is 34.6 Å². The van der Waals surface area contributed by atoms with E-state index in [-0.39, 0.29) is 22.3 Å². The predicted octanol–water partition coefficient (Wildman–Crippen LogP) is 3.24. The van der Waals surface area contributed by atoms with Gasteiger partial charge >= 0.3 is 0 Å². The molecule has 0 radical (unpaired) electrons. The summed E-state index contributed by atoms with van der Waals surface area (Å²) in [5, 5.41) is 24.7. The molecule has 27 heavy (non-hydrogen) atoms. The minimum Gasteiger partial charge on any atom is -0.323 e. The third kappa shape index (κ3) is 4.41. The first-order valence-electron chi connectivity index (χ1n) is 7.64. The van der Waals surface area contributed by atoms with Crippen molar-refractivity contribution in [2.75, 3.05) is 5.32 Å². The van der Waals surface area contributed by atoms with E-state index >= 15 is 0 Å². The topological polar surface area (TPSA) is 116 Å². The van der Waals surface area contributed by atoms with Crippen molar-refractivity contribution in [3.63, 3.8) is 0 Å². The lowest BCUT2D eigenvalue weighted by atomic mass is 10.1. The number of hydrogen-bond donors (Lipinski definition) is 1. The van der Waals surface area contributed by atoms with Crippen LogP contribution in [0.5, 0.6) is 0 Å². The largest absolute Gasteiger partial charge is 0.323 e. The molecular weight excluding hydrogens is 392 g/mol. The summed E-state index contributed by atoms with van der Waals surface area (Å²) in [5.41, 5.74) is 0.878. The molecular formula is C16H13ClN6O3S. The fraction of sp³-hybridized carbons (Fsp3) is 0.125. The van der Waals surface area contributed by atoms with Crippen molar-refractivity contribution in [3.05, 3.63) is 69.2 Å². The molecule has 3 rings (SSSR count). The van der Waals surface area contributed by atoms with Crippen molar-refractivity contribution in [2.45, 2.75) is 10.4 Å². The van der Waals surface area contributed by atoms with Gasteiger partial charge in [-0.15, -0.1) is 5.10 Å². The third-order valence-corrected chi connectivity index (χ3v) is 5.16. The highest BCUT2D eigenvalue weighted by molar-refractivity contribution is 8.00. The average molecular weight is 405 g/mol. The van der Waals surface area contributed by atoms with Crippen molar-refractivity contribution >= 4 is 40.6 Å². The zero-order valence-corrected chi connectivity index (χ0v) is 15.5. The normalized spacial score (nSPS) is 11.8. The Morgan fingerprint density at radius 3 is 2.63 bits per heavy atom. The summed E-state index contributed by atoms with van der Waals surface area (Å²) in [6.07, 6.45) is 0. The van der Waals surface area contributed by atoms with Crippen LogP contribution in [0.2, 0.25) is 5.02 Å². The average Bonchev–Trinajstić information content (AvgIpc) is 3.06. The Kier molecular flexibility index (Phi) is 5.67. The quantitative estimate of drug-likeness (QED) is 0.380. The molecule has 0 aliphatic rings. The summed E-state index contributed by atoms with van der Waals surface area (Å²) in [6, 6.07) is 13.0. The van der Waals surface area contributed by atoms with E-state index in [4.69, 9.17) is 11.6 Å². The molecule has 2 aromatic carbocycles. The summed E-state index contributed by atoms with van der Waals surface area (Å²) in [5.74, 6) is -0.357. The number of thioether (sulfide) groups is 1.